The summed E-state index contributed by atoms with van der Waals surface area (Å²) in [6.07, 6.45) is 3.83. The second-order valence-corrected chi connectivity index (χ2v) is 9.41. The molecule has 1 unspecified atom stereocenters. The molecule has 3 aromatic rings. The minimum absolute atomic E-state index is 0.105. The van der Waals surface area contributed by atoms with Crippen molar-refractivity contribution in [3.05, 3.63) is 65.0 Å². The Balaban J connectivity index is 0.000000383. The number of hydrogen-bond donors (Lipinski definition) is 1. The molecular weight excluding hydrogens is 414 g/mol. The maximum atomic E-state index is 13.2. The molecule has 1 N–H and O–H groups in total. The number of rotatable bonds is 7. The maximum Gasteiger partial charge on any atom is 0.306 e. The SMILES string of the molecule is CCC(C)(C)Oc1ccc(-c2cc3ccccc3n(C3CC3)c2=O)cc1.CCC(C)C(=O)O. The van der Waals surface area contributed by atoms with Gasteiger partial charge < -0.3 is 14.4 Å². The predicted octanol–water partition coefficient (Wildman–Crippen LogP) is 6.69. The lowest BCUT2D eigenvalue weighted by Gasteiger charge is -2.25. The molecule has 5 heteroatoms. The highest BCUT2D eigenvalue weighted by atomic mass is 16.5. The first-order chi connectivity index (χ1) is 15.7. The third-order valence-electron chi connectivity index (χ3n) is 6.30. The van der Waals surface area contributed by atoms with E-state index in [9.17, 15) is 9.59 Å². The minimum atomic E-state index is -0.706. The van der Waals surface area contributed by atoms with Crippen LogP contribution in [-0.2, 0) is 4.79 Å². The van der Waals surface area contributed by atoms with E-state index in [1.54, 1.807) is 6.92 Å². The van der Waals surface area contributed by atoms with E-state index >= 15 is 0 Å². The molecule has 1 aliphatic rings. The highest BCUT2D eigenvalue weighted by Gasteiger charge is 2.27. The van der Waals surface area contributed by atoms with Gasteiger partial charge in [0.2, 0.25) is 0 Å². The topological polar surface area (TPSA) is 68.5 Å². The lowest BCUT2D eigenvalue weighted by molar-refractivity contribution is -0.141. The fourth-order valence-corrected chi connectivity index (χ4v) is 3.46. The van der Waals surface area contributed by atoms with Crippen LogP contribution in [0.3, 0.4) is 0 Å². The molecule has 0 aliphatic heterocycles. The van der Waals surface area contributed by atoms with E-state index in [0.29, 0.717) is 6.04 Å². The van der Waals surface area contributed by atoms with E-state index in [2.05, 4.69) is 26.8 Å². The molecule has 1 atom stereocenters. The zero-order chi connectivity index (χ0) is 24.2. The van der Waals surface area contributed by atoms with Crippen molar-refractivity contribution in [3.63, 3.8) is 0 Å². The average Bonchev–Trinajstić information content (AvgIpc) is 3.64. The molecule has 4 rings (SSSR count). The Hall–Kier alpha value is -3.08. The summed E-state index contributed by atoms with van der Waals surface area (Å²) < 4.78 is 8.01. The predicted molar refractivity (Wildman–Crippen MR) is 134 cm³/mol. The third kappa shape index (κ3) is 6.04. The highest BCUT2D eigenvalue weighted by Crippen LogP contribution is 2.37. The van der Waals surface area contributed by atoms with E-state index in [1.165, 1.54) is 0 Å². The van der Waals surface area contributed by atoms with E-state index in [0.717, 1.165) is 53.5 Å². The fraction of sp³-hybridized carbons (Fsp3) is 0.429. The number of ether oxygens (including phenoxy) is 1. The average molecular weight is 450 g/mol. The van der Waals surface area contributed by atoms with Gasteiger partial charge in [0.05, 0.1) is 11.4 Å². The molecular formula is C28H35NO4. The van der Waals surface area contributed by atoms with Crippen LogP contribution >= 0.6 is 0 Å². The Morgan fingerprint density at radius 3 is 2.27 bits per heavy atom. The number of pyridine rings is 1. The zero-order valence-corrected chi connectivity index (χ0v) is 20.3. The number of para-hydroxylation sites is 1. The number of carboxylic acids is 1. The molecule has 0 radical (unpaired) electrons. The number of nitrogens with zero attached hydrogens (tertiary/aromatic N) is 1. The molecule has 0 bridgehead atoms. The molecule has 33 heavy (non-hydrogen) atoms. The van der Waals surface area contributed by atoms with Gasteiger partial charge in [-0.25, -0.2) is 0 Å². The molecule has 2 aromatic carbocycles. The second kappa shape index (κ2) is 10.2. The van der Waals surface area contributed by atoms with Gasteiger partial charge in [-0.05, 0) is 74.7 Å². The lowest BCUT2D eigenvalue weighted by Crippen LogP contribution is -2.26. The zero-order valence-electron chi connectivity index (χ0n) is 20.3. The standard InChI is InChI=1S/C23H25NO2.C5H10O2/c1-4-23(2,3)26-19-13-9-16(10-14-19)20-15-17-7-5-6-8-21(17)24(22(20)25)18-11-12-18;1-3-4(2)5(6)7/h5-10,13-15,18H,4,11-12H2,1-3H3;4H,3H2,1-2H3,(H,6,7). The van der Waals surface area contributed by atoms with Crippen molar-refractivity contribution in [1.29, 1.82) is 0 Å². The number of hydrogen-bond acceptors (Lipinski definition) is 3. The lowest BCUT2D eigenvalue weighted by atomic mass is 10.0. The second-order valence-electron chi connectivity index (χ2n) is 9.41. The molecule has 0 amide bonds. The first-order valence-electron chi connectivity index (χ1n) is 11.8. The summed E-state index contributed by atoms with van der Waals surface area (Å²) in [5.74, 6) is -0.0496. The number of aromatic nitrogens is 1. The van der Waals surface area contributed by atoms with Gasteiger partial charge in [-0.1, -0.05) is 51.1 Å². The first-order valence-corrected chi connectivity index (χ1v) is 11.8. The summed E-state index contributed by atoms with van der Waals surface area (Å²) in [6.45, 7) is 9.84. The van der Waals surface area contributed by atoms with Gasteiger partial charge in [0.1, 0.15) is 11.4 Å². The maximum absolute atomic E-state index is 13.2. The summed E-state index contributed by atoms with van der Waals surface area (Å²) in [5.41, 5.74) is 2.65. The van der Waals surface area contributed by atoms with Crippen molar-refractivity contribution >= 4 is 16.9 Å². The van der Waals surface area contributed by atoms with Crippen LogP contribution in [-0.4, -0.2) is 21.2 Å². The minimum Gasteiger partial charge on any atom is -0.488 e. The molecule has 1 aliphatic carbocycles. The van der Waals surface area contributed by atoms with Crippen molar-refractivity contribution in [3.8, 4) is 16.9 Å². The largest absolute Gasteiger partial charge is 0.488 e. The molecule has 176 valence electrons. The van der Waals surface area contributed by atoms with Crippen molar-refractivity contribution in [1.82, 2.24) is 4.57 Å². The van der Waals surface area contributed by atoms with Crippen molar-refractivity contribution in [2.45, 2.75) is 71.9 Å². The molecule has 0 spiro atoms. The van der Waals surface area contributed by atoms with E-state index in [1.807, 2.05) is 60.0 Å². The van der Waals surface area contributed by atoms with Crippen molar-refractivity contribution < 1.29 is 14.6 Å². The van der Waals surface area contributed by atoms with E-state index in [4.69, 9.17) is 9.84 Å². The third-order valence-corrected chi connectivity index (χ3v) is 6.30. The molecule has 1 heterocycles. The van der Waals surface area contributed by atoms with Gasteiger partial charge in [0.25, 0.3) is 5.56 Å². The Kier molecular flexibility index (Phi) is 7.62. The van der Waals surface area contributed by atoms with Gasteiger partial charge in [0.15, 0.2) is 0 Å². The number of aliphatic carboxylic acids is 1. The van der Waals surface area contributed by atoms with Crippen molar-refractivity contribution in [2.24, 2.45) is 5.92 Å². The van der Waals surface area contributed by atoms with Crippen LogP contribution in [0.1, 0.15) is 66.3 Å². The number of fused-ring (bicyclic) bond motifs is 1. The molecule has 0 saturated heterocycles. The van der Waals surface area contributed by atoms with Crippen LogP contribution in [0, 0.1) is 5.92 Å². The van der Waals surface area contributed by atoms with Gasteiger partial charge in [-0.2, -0.15) is 0 Å². The molecule has 1 fully saturated rings. The number of carbonyl (C=O) groups is 1. The molecule has 1 aromatic heterocycles. The number of benzene rings is 2. The Morgan fingerprint density at radius 2 is 1.76 bits per heavy atom. The van der Waals surface area contributed by atoms with Gasteiger partial charge in [-0.15, -0.1) is 0 Å². The summed E-state index contributed by atoms with van der Waals surface area (Å²) in [4.78, 5) is 23.1. The van der Waals surface area contributed by atoms with Crippen LogP contribution < -0.4 is 10.3 Å². The summed E-state index contributed by atoms with van der Waals surface area (Å²) in [7, 11) is 0. The van der Waals surface area contributed by atoms with Crippen molar-refractivity contribution in [2.75, 3.05) is 0 Å². The Bertz CT molecular complexity index is 1160. The normalized spacial score (nSPS) is 14.3. The Morgan fingerprint density at radius 1 is 1.12 bits per heavy atom. The van der Waals surface area contributed by atoms with E-state index < -0.39 is 5.97 Å². The summed E-state index contributed by atoms with van der Waals surface area (Å²) >= 11 is 0. The van der Waals surface area contributed by atoms with Gasteiger partial charge in [0, 0.05) is 11.6 Å². The molecule has 5 nitrogen and oxygen atoms in total. The van der Waals surface area contributed by atoms with Gasteiger partial charge in [-0.3, -0.25) is 9.59 Å². The van der Waals surface area contributed by atoms with Crippen LogP contribution in [0.2, 0.25) is 0 Å². The smallest absolute Gasteiger partial charge is 0.306 e. The highest BCUT2D eigenvalue weighted by molar-refractivity contribution is 5.84. The number of carboxylic acid groups (broad SMARTS) is 1. The summed E-state index contributed by atoms with van der Waals surface area (Å²) in [6, 6.07) is 18.4. The summed E-state index contributed by atoms with van der Waals surface area (Å²) in [5, 5.41) is 9.29. The first kappa shape index (κ1) is 24.6. The Labute approximate surface area is 196 Å². The quantitative estimate of drug-likeness (QED) is 0.436. The van der Waals surface area contributed by atoms with E-state index in [-0.39, 0.29) is 17.1 Å². The monoisotopic (exact) mass is 449 g/mol. The van der Waals surface area contributed by atoms with Crippen LogP contribution in [0.4, 0.5) is 0 Å². The molecule has 1 saturated carbocycles. The van der Waals surface area contributed by atoms with Gasteiger partial charge >= 0.3 is 5.97 Å². The van der Waals surface area contributed by atoms with Crippen LogP contribution in [0.15, 0.2) is 59.4 Å². The van der Waals surface area contributed by atoms with Crippen LogP contribution in [0.25, 0.3) is 22.0 Å². The fourth-order valence-electron chi connectivity index (χ4n) is 3.46. The van der Waals surface area contributed by atoms with Crippen LogP contribution in [0.5, 0.6) is 5.75 Å².